The molecular weight excluding hydrogens is 160 g/mol. The molecule has 0 aliphatic rings. The van der Waals surface area contributed by atoms with E-state index >= 15 is 0 Å². The predicted molar refractivity (Wildman–Crippen MR) is 40.4 cm³/mol. The number of aromatic nitrogens is 1. The summed E-state index contributed by atoms with van der Waals surface area (Å²) in [6.07, 6.45) is 3.02. The molecule has 12 heavy (non-hydrogen) atoms. The molecule has 0 radical (unpaired) electrons. The molecule has 0 aromatic carbocycles. The summed E-state index contributed by atoms with van der Waals surface area (Å²) in [6.45, 7) is 2.03. The first-order chi connectivity index (χ1) is 5.70. The molecule has 2 N–H and O–H groups in total. The Morgan fingerprint density at radius 1 is 1.92 bits per heavy atom. The number of hydrogen-bond acceptors (Lipinski definition) is 4. The number of rotatable bonds is 4. The summed E-state index contributed by atoms with van der Waals surface area (Å²) in [7, 11) is 0. The van der Waals surface area contributed by atoms with E-state index in [1.807, 2.05) is 0 Å². The highest BCUT2D eigenvalue weighted by molar-refractivity contribution is 5.72. The van der Waals surface area contributed by atoms with E-state index in [-0.39, 0.29) is 0 Å². The van der Waals surface area contributed by atoms with Crippen LogP contribution in [0.4, 0.5) is 0 Å². The third kappa shape index (κ3) is 2.35. The van der Waals surface area contributed by atoms with E-state index in [9.17, 15) is 4.79 Å². The first kappa shape index (κ1) is 8.73. The molecule has 66 valence electrons. The first-order valence-electron chi connectivity index (χ1n) is 3.54. The van der Waals surface area contributed by atoms with E-state index < -0.39 is 12.0 Å². The third-order valence-electron chi connectivity index (χ3n) is 1.47. The van der Waals surface area contributed by atoms with E-state index in [1.54, 1.807) is 13.1 Å². The summed E-state index contributed by atoms with van der Waals surface area (Å²) in [4.78, 5) is 10.4. The molecule has 1 atom stereocenters. The fourth-order valence-corrected chi connectivity index (χ4v) is 0.672. The molecule has 0 aliphatic heterocycles. The smallest absolute Gasteiger partial charge is 0.320 e. The van der Waals surface area contributed by atoms with Crippen LogP contribution in [-0.2, 0) is 11.3 Å². The first-order valence-corrected chi connectivity index (χ1v) is 3.54. The van der Waals surface area contributed by atoms with Crippen molar-refractivity contribution in [3.05, 3.63) is 18.0 Å². The zero-order valence-corrected chi connectivity index (χ0v) is 6.65. The van der Waals surface area contributed by atoms with Gasteiger partial charge in [-0.15, -0.1) is 0 Å². The molecule has 0 saturated heterocycles. The summed E-state index contributed by atoms with van der Waals surface area (Å²) in [5, 5.41) is 14.8. The minimum absolute atomic E-state index is 0.455. The standard InChI is InChI=1S/C7H10N2O3/c1-5(7(10)11)8-2-6-3-9-12-4-6/h3-5,8H,2H2,1H3,(H,10,11)/t5-/m1/s1. The second-order valence-corrected chi connectivity index (χ2v) is 2.47. The zero-order chi connectivity index (χ0) is 8.97. The highest BCUT2D eigenvalue weighted by atomic mass is 16.5. The van der Waals surface area contributed by atoms with Crippen molar-refractivity contribution in [2.45, 2.75) is 19.5 Å². The van der Waals surface area contributed by atoms with Gasteiger partial charge in [-0.3, -0.25) is 4.79 Å². The molecule has 0 spiro atoms. The topological polar surface area (TPSA) is 75.4 Å². The van der Waals surface area contributed by atoms with Crippen LogP contribution in [0, 0.1) is 0 Å². The van der Waals surface area contributed by atoms with Gasteiger partial charge in [0.05, 0.1) is 6.20 Å². The molecule has 0 aliphatic carbocycles. The molecule has 1 heterocycles. The quantitative estimate of drug-likeness (QED) is 0.676. The molecule has 0 fully saturated rings. The van der Waals surface area contributed by atoms with Crippen LogP contribution in [0.15, 0.2) is 17.0 Å². The molecule has 1 rings (SSSR count). The monoisotopic (exact) mass is 170 g/mol. The lowest BCUT2D eigenvalue weighted by Gasteiger charge is -2.06. The Morgan fingerprint density at radius 2 is 2.67 bits per heavy atom. The second kappa shape index (κ2) is 3.87. The minimum atomic E-state index is -0.869. The lowest BCUT2D eigenvalue weighted by Crippen LogP contribution is -2.32. The number of aliphatic carboxylic acids is 1. The Morgan fingerprint density at radius 3 is 3.17 bits per heavy atom. The van der Waals surface area contributed by atoms with Crippen LogP contribution in [0.5, 0.6) is 0 Å². The summed E-state index contributed by atoms with van der Waals surface area (Å²) in [5.41, 5.74) is 0.836. The maximum absolute atomic E-state index is 10.4. The summed E-state index contributed by atoms with van der Waals surface area (Å²) < 4.78 is 4.57. The van der Waals surface area contributed by atoms with Crippen molar-refractivity contribution in [2.24, 2.45) is 0 Å². The van der Waals surface area contributed by atoms with Gasteiger partial charge in [0.15, 0.2) is 0 Å². The number of carbonyl (C=O) groups is 1. The zero-order valence-electron chi connectivity index (χ0n) is 6.65. The number of carboxylic acids is 1. The van der Waals surface area contributed by atoms with Gasteiger partial charge < -0.3 is 14.9 Å². The average Bonchev–Trinajstić information content (AvgIpc) is 2.51. The van der Waals surface area contributed by atoms with Gasteiger partial charge in [0.1, 0.15) is 12.3 Å². The molecule has 0 amide bonds. The van der Waals surface area contributed by atoms with Gasteiger partial charge in [0.25, 0.3) is 0 Å². The van der Waals surface area contributed by atoms with Crippen LogP contribution in [0.2, 0.25) is 0 Å². The van der Waals surface area contributed by atoms with Crippen molar-refractivity contribution in [3.8, 4) is 0 Å². The molecule has 5 nitrogen and oxygen atoms in total. The van der Waals surface area contributed by atoms with Crippen molar-refractivity contribution in [2.75, 3.05) is 0 Å². The largest absolute Gasteiger partial charge is 0.480 e. The Bertz CT molecular complexity index is 245. The van der Waals surface area contributed by atoms with Crippen LogP contribution < -0.4 is 5.32 Å². The third-order valence-corrected chi connectivity index (χ3v) is 1.47. The van der Waals surface area contributed by atoms with Gasteiger partial charge in [-0.1, -0.05) is 5.16 Å². The normalized spacial score (nSPS) is 12.8. The van der Waals surface area contributed by atoms with Crippen LogP contribution in [0.3, 0.4) is 0 Å². The van der Waals surface area contributed by atoms with Gasteiger partial charge in [-0.2, -0.15) is 0 Å². The maximum Gasteiger partial charge on any atom is 0.320 e. The Kier molecular flexibility index (Phi) is 2.82. The predicted octanol–water partition coefficient (Wildman–Crippen LogP) is 0.237. The number of hydrogen-bond donors (Lipinski definition) is 2. The van der Waals surface area contributed by atoms with Crippen LogP contribution in [-0.4, -0.2) is 22.3 Å². The van der Waals surface area contributed by atoms with Crippen molar-refractivity contribution in [1.82, 2.24) is 10.5 Å². The Labute approximate surface area is 69.4 Å². The van der Waals surface area contributed by atoms with Crippen LogP contribution in [0.25, 0.3) is 0 Å². The molecule has 5 heteroatoms. The SMILES string of the molecule is C[C@@H](NCc1cnoc1)C(=O)O. The molecule has 1 aromatic heterocycles. The summed E-state index contributed by atoms with van der Waals surface area (Å²) in [5.74, 6) is -0.869. The van der Waals surface area contributed by atoms with E-state index in [1.165, 1.54) is 6.26 Å². The van der Waals surface area contributed by atoms with Crippen LogP contribution in [0.1, 0.15) is 12.5 Å². The summed E-state index contributed by atoms with van der Waals surface area (Å²) in [6, 6.07) is -0.556. The highest BCUT2D eigenvalue weighted by Crippen LogP contribution is 1.95. The van der Waals surface area contributed by atoms with Crippen molar-refractivity contribution in [1.29, 1.82) is 0 Å². The van der Waals surface area contributed by atoms with E-state index in [0.29, 0.717) is 6.54 Å². The van der Waals surface area contributed by atoms with Gasteiger partial charge in [0, 0.05) is 12.1 Å². The number of carboxylic acid groups (broad SMARTS) is 1. The van der Waals surface area contributed by atoms with Gasteiger partial charge in [0.2, 0.25) is 0 Å². The average molecular weight is 170 g/mol. The van der Waals surface area contributed by atoms with Crippen molar-refractivity contribution < 1.29 is 14.4 Å². The van der Waals surface area contributed by atoms with E-state index in [2.05, 4.69) is 15.0 Å². The minimum Gasteiger partial charge on any atom is -0.480 e. The summed E-state index contributed by atoms with van der Waals surface area (Å²) >= 11 is 0. The van der Waals surface area contributed by atoms with Crippen LogP contribution >= 0.6 is 0 Å². The Balaban J connectivity index is 2.31. The Hall–Kier alpha value is -1.36. The maximum atomic E-state index is 10.4. The van der Waals surface area contributed by atoms with Gasteiger partial charge in [-0.25, -0.2) is 0 Å². The van der Waals surface area contributed by atoms with Crippen molar-refractivity contribution in [3.63, 3.8) is 0 Å². The second-order valence-electron chi connectivity index (χ2n) is 2.47. The fraction of sp³-hybridized carbons (Fsp3) is 0.429. The number of nitrogens with one attached hydrogen (secondary N) is 1. The van der Waals surface area contributed by atoms with Gasteiger partial charge >= 0.3 is 5.97 Å². The molecule has 0 bridgehead atoms. The van der Waals surface area contributed by atoms with Crippen molar-refractivity contribution >= 4 is 5.97 Å². The lowest BCUT2D eigenvalue weighted by molar-refractivity contribution is -0.139. The molecular formula is C7H10N2O3. The molecule has 0 unspecified atom stereocenters. The number of nitrogens with zero attached hydrogens (tertiary/aromatic N) is 1. The van der Waals surface area contributed by atoms with E-state index in [0.717, 1.165) is 5.56 Å². The highest BCUT2D eigenvalue weighted by Gasteiger charge is 2.09. The van der Waals surface area contributed by atoms with E-state index in [4.69, 9.17) is 5.11 Å². The lowest BCUT2D eigenvalue weighted by atomic mass is 10.3. The van der Waals surface area contributed by atoms with Gasteiger partial charge in [-0.05, 0) is 6.92 Å². The fourth-order valence-electron chi connectivity index (χ4n) is 0.672. The molecule has 1 aromatic rings. The molecule has 0 saturated carbocycles.